The van der Waals surface area contributed by atoms with Gasteiger partial charge in [-0.1, -0.05) is 17.7 Å². The van der Waals surface area contributed by atoms with Gasteiger partial charge in [0.1, 0.15) is 11.1 Å². The Morgan fingerprint density at radius 2 is 1.79 bits per heavy atom. The molecule has 20 heteroatoms. The van der Waals surface area contributed by atoms with Gasteiger partial charge in [0.05, 0.1) is 34.7 Å². The number of nitrogens with zero attached hydrogens (tertiary/aromatic N) is 6. The number of esters is 1. The molecule has 0 radical (unpaired) electrons. The lowest BCUT2D eigenvalue weighted by Crippen LogP contribution is -2.43. The van der Waals surface area contributed by atoms with Crippen LogP contribution in [0.15, 0.2) is 30.6 Å². The van der Waals surface area contributed by atoms with Crippen LogP contribution < -0.4 is 0 Å². The third-order valence-corrected chi connectivity index (χ3v) is 8.05. The van der Waals surface area contributed by atoms with Gasteiger partial charge in [0, 0.05) is 18.8 Å². The first kappa shape index (κ1) is 33.6. The number of alkyl halides is 8. The lowest BCUT2D eigenvalue weighted by Gasteiger charge is -2.27. The molecule has 11 nitrogen and oxygen atoms in total. The molecule has 2 unspecified atom stereocenters. The van der Waals surface area contributed by atoms with E-state index in [0.29, 0.717) is 4.68 Å². The van der Waals surface area contributed by atoms with Gasteiger partial charge in [-0.2, -0.15) is 50.6 Å². The summed E-state index contributed by atoms with van der Waals surface area (Å²) in [5.41, 5.74) is -6.54. The van der Waals surface area contributed by atoms with Crippen LogP contribution in [-0.4, -0.2) is 65.9 Å². The average molecular weight is 695 g/mol. The zero-order valence-corrected chi connectivity index (χ0v) is 24.3. The molecule has 1 aromatic carbocycles. The number of aromatic nitrogens is 4. The summed E-state index contributed by atoms with van der Waals surface area (Å²) in [7, 11) is 0.719. The van der Waals surface area contributed by atoms with Crippen LogP contribution >= 0.6 is 11.6 Å². The number of hydrogen-bond acceptors (Lipinski definition) is 7. The van der Waals surface area contributed by atoms with E-state index in [1.54, 1.807) is 0 Å². The summed E-state index contributed by atoms with van der Waals surface area (Å²) in [5, 5.41) is 25.2. The molecule has 2 fully saturated rings. The largest absolute Gasteiger partial charge is 0.481 e. The number of carboxylic acids is 1. The first-order valence-corrected chi connectivity index (χ1v) is 13.7. The van der Waals surface area contributed by atoms with Crippen molar-refractivity contribution in [2.24, 2.45) is 18.9 Å². The van der Waals surface area contributed by atoms with E-state index >= 15 is 0 Å². The summed E-state index contributed by atoms with van der Waals surface area (Å²) < 4.78 is 115. The van der Waals surface area contributed by atoms with E-state index in [2.05, 4.69) is 10.2 Å². The molecule has 0 aliphatic heterocycles. The SMILES string of the molecule is Cn1nc(C(F)(F)C(F)(F)F)c(C(F)(F)F)c1-n1cc(-c2ccc(Cl)c(C(=O)N(COC(=O)C3CC3C(=O)O)C3(C#N)CC3)c2)cn1. The number of hydrogen-bond donors (Lipinski definition) is 1. The summed E-state index contributed by atoms with van der Waals surface area (Å²) in [6.45, 7) is -0.724. The Bertz CT molecular complexity index is 1820. The average Bonchev–Trinajstić information content (AvgIpc) is 3.87. The number of aryl methyl sites for hydroxylation is 1. The second kappa shape index (κ2) is 11.2. The van der Waals surface area contributed by atoms with Gasteiger partial charge in [0.2, 0.25) is 0 Å². The fraction of sp³-hybridized carbons (Fsp3) is 0.407. The lowest BCUT2D eigenvalue weighted by atomic mass is 10.0. The molecule has 1 N–H and O–H groups in total. The normalized spacial score (nSPS) is 18.7. The van der Waals surface area contributed by atoms with Crippen molar-refractivity contribution in [3.63, 3.8) is 0 Å². The van der Waals surface area contributed by atoms with Gasteiger partial charge in [0.15, 0.2) is 18.2 Å². The number of benzene rings is 1. The third kappa shape index (κ3) is 5.97. The van der Waals surface area contributed by atoms with Gasteiger partial charge in [-0.15, -0.1) is 0 Å². The van der Waals surface area contributed by atoms with Gasteiger partial charge in [-0.25, -0.2) is 9.36 Å². The highest BCUT2D eigenvalue weighted by molar-refractivity contribution is 6.34. The molecule has 1 amide bonds. The number of carbonyl (C=O) groups is 3. The minimum absolute atomic E-state index is 0.0398. The van der Waals surface area contributed by atoms with Crippen LogP contribution in [0, 0.1) is 23.2 Å². The molecule has 2 aromatic heterocycles. The van der Waals surface area contributed by atoms with E-state index < -0.39 is 77.3 Å². The van der Waals surface area contributed by atoms with Gasteiger partial charge in [0.25, 0.3) is 5.91 Å². The second-order valence-electron chi connectivity index (χ2n) is 10.9. The van der Waals surface area contributed by atoms with Gasteiger partial charge >= 0.3 is 30.2 Å². The second-order valence-corrected chi connectivity index (χ2v) is 11.3. The maximum atomic E-state index is 14.1. The molecule has 250 valence electrons. The van der Waals surface area contributed by atoms with Gasteiger partial charge in [-0.3, -0.25) is 19.3 Å². The summed E-state index contributed by atoms with van der Waals surface area (Å²) in [4.78, 5) is 38.0. The minimum Gasteiger partial charge on any atom is -0.481 e. The molecule has 0 spiro atoms. The zero-order chi connectivity index (χ0) is 34.9. The maximum Gasteiger partial charge on any atom is 0.459 e. The van der Waals surface area contributed by atoms with Crippen molar-refractivity contribution in [3.05, 3.63) is 52.4 Å². The molecule has 5 rings (SSSR count). The highest BCUT2D eigenvalue weighted by Gasteiger charge is 2.64. The maximum absolute atomic E-state index is 14.1. The molecule has 2 aliphatic carbocycles. The van der Waals surface area contributed by atoms with Crippen LogP contribution in [0.5, 0.6) is 0 Å². The van der Waals surface area contributed by atoms with E-state index in [0.717, 1.165) is 30.4 Å². The number of carbonyl (C=O) groups excluding carboxylic acids is 2. The number of carboxylic acid groups (broad SMARTS) is 1. The third-order valence-electron chi connectivity index (χ3n) is 7.72. The molecule has 2 atom stereocenters. The fourth-order valence-corrected chi connectivity index (χ4v) is 5.09. The molecule has 2 aliphatic rings. The van der Waals surface area contributed by atoms with E-state index in [1.807, 2.05) is 6.07 Å². The summed E-state index contributed by atoms with van der Waals surface area (Å²) in [6, 6.07) is 5.65. The van der Waals surface area contributed by atoms with Crippen molar-refractivity contribution in [3.8, 4) is 23.0 Å². The van der Waals surface area contributed by atoms with Crippen LogP contribution in [-0.2, 0) is 33.5 Å². The van der Waals surface area contributed by atoms with Crippen LogP contribution in [0.1, 0.15) is 40.9 Å². The predicted octanol–water partition coefficient (Wildman–Crippen LogP) is 5.32. The van der Waals surface area contributed by atoms with Crippen LogP contribution in [0.25, 0.3) is 16.9 Å². The predicted molar refractivity (Wildman–Crippen MR) is 140 cm³/mol. The van der Waals surface area contributed by atoms with Crippen molar-refractivity contribution >= 4 is 29.4 Å². The molecule has 2 heterocycles. The number of aliphatic carboxylic acids is 1. The van der Waals surface area contributed by atoms with Gasteiger partial charge < -0.3 is 9.84 Å². The fourth-order valence-electron chi connectivity index (χ4n) is 4.90. The summed E-state index contributed by atoms with van der Waals surface area (Å²) >= 11 is 6.26. The Morgan fingerprint density at radius 1 is 1.13 bits per heavy atom. The minimum atomic E-state index is -6.39. The smallest absolute Gasteiger partial charge is 0.459 e. The first-order valence-electron chi connectivity index (χ1n) is 13.3. The van der Waals surface area contributed by atoms with Crippen LogP contribution in [0.3, 0.4) is 0 Å². The molecule has 0 bridgehead atoms. The van der Waals surface area contributed by atoms with Crippen molar-refractivity contribution < 1.29 is 59.4 Å². The molecule has 0 saturated heterocycles. The summed E-state index contributed by atoms with van der Waals surface area (Å²) in [6.07, 6.45) is -9.85. The molecular formula is C27H19ClF8N6O5. The van der Waals surface area contributed by atoms with Crippen molar-refractivity contribution in [2.45, 2.75) is 43.1 Å². The van der Waals surface area contributed by atoms with Crippen molar-refractivity contribution in [1.82, 2.24) is 24.5 Å². The highest BCUT2D eigenvalue weighted by Crippen LogP contribution is 2.49. The molecule has 2 saturated carbocycles. The van der Waals surface area contributed by atoms with E-state index in [4.69, 9.17) is 21.4 Å². The Balaban J connectivity index is 1.47. The van der Waals surface area contributed by atoms with Crippen LogP contribution in [0.4, 0.5) is 35.1 Å². The Kier molecular flexibility index (Phi) is 8.02. The van der Waals surface area contributed by atoms with E-state index in [9.17, 15) is 54.8 Å². The quantitative estimate of drug-likeness (QED) is 0.180. The Morgan fingerprint density at radius 3 is 2.32 bits per heavy atom. The standard InChI is InChI=1S/C27H19ClF8N6O5/c1-40-20(18(26(31,32)33)19(39-40)25(29,30)27(34,35)36)42-9-13(8-38-42)12-2-3-17(28)16(6-12)21(43)41(24(10-37)4-5-24)11-47-23(46)15-7-14(15)22(44)45/h2-3,6,8-9,14-15H,4-5,7,11H2,1H3,(H,44,45). The van der Waals surface area contributed by atoms with Crippen molar-refractivity contribution in [1.29, 1.82) is 5.26 Å². The molecular weight excluding hydrogens is 676 g/mol. The van der Waals surface area contributed by atoms with Gasteiger partial charge in [-0.05, 0) is 37.0 Å². The van der Waals surface area contributed by atoms with E-state index in [-0.39, 0.29) is 45.7 Å². The first-order chi connectivity index (χ1) is 21.7. The number of halogens is 9. The number of ether oxygens (including phenoxy) is 1. The topological polar surface area (TPSA) is 143 Å². The number of nitriles is 1. The van der Waals surface area contributed by atoms with E-state index in [1.165, 1.54) is 12.1 Å². The highest BCUT2D eigenvalue weighted by atomic mass is 35.5. The Labute approximate surface area is 262 Å². The zero-order valence-electron chi connectivity index (χ0n) is 23.5. The lowest BCUT2D eigenvalue weighted by molar-refractivity contribution is -0.292. The van der Waals surface area contributed by atoms with Crippen molar-refractivity contribution in [2.75, 3.05) is 6.73 Å². The Hall–Kier alpha value is -4.73. The monoisotopic (exact) mass is 694 g/mol. The van der Waals surface area contributed by atoms with Crippen LogP contribution in [0.2, 0.25) is 5.02 Å². The molecule has 3 aromatic rings. The number of rotatable bonds is 9. The summed E-state index contributed by atoms with van der Waals surface area (Å²) in [5.74, 6) is -12.1. The molecule has 47 heavy (non-hydrogen) atoms. The number of amides is 1.